The van der Waals surface area contributed by atoms with Gasteiger partial charge in [-0.1, -0.05) is 6.07 Å². The molecule has 3 aromatic heterocycles. The number of hydrogen-bond acceptors (Lipinski definition) is 6. The van der Waals surface area contributed by atoms with Crippen molar-refractivity contribution in [2.45, 2.75) is 46.5 Å². The molecule has 1 unspecified atom stereocenters. The predicted octanol–water partition coefficient (Wildman–Crippen LogP) is 3.11. The van der Waals surface area contributed by atoms with Crippen LogP contribution in [-0.4, -0.2) is 44.8 Å². The fourth-order valence-electron chi connectivity index (χ4n) is 3.99. The Balaban J connectivity index is 1.36. The molecule has 1 fully saturated rings. The number of anilines is 1. The summed E-state index contributed by atoms with van der Waals surface area (Å²) in [5, 5.41) is 3.48. The number of likely N-dealkylation sites (tertiary alicyclic amines) is 1. The van der Waals surface area contributed by atoms with Gasteiger partial charge in [-0.25, -0.2) is 9.97 Å². The number of pyridine rings is 1. The molecule has 0 aromatic carbocycles. The Morgan fingerprint density at radius 3 is 2.84 bits per heavy atom. The summed E-state index contributed by atoms with van der Waals surface area (Å²) < 4.78 is 0. The predicted molar refractivity (Wildman–Crippen MR) is 125 cm³/mol. The molecule has 3 aromatic rings. The minimum absolute atomic E-state index is 0.0303. The lowest BCUT2D eigenvalue weighted by Gasteiger charge is -2.32. The van der Waals surface area contributed by atoms with Gasteiger partial charge in [-0.2, -0.15) is 0 Å². The third kappa shape index (κ3) is 4.72. The number of hydrogen-bond donors (Lipinski definition) is 2. The zero-order chi connectivity index (χ0) is 22.8. The number of carbonyl (C=O) groups is 2. The molecule has 2 amide bonds. The highest BCUT2D eigenvalue weighted by molar-refractivity contribution is 7.18. The number of aromatic nitrogens is 3. The number of aryl methyl sites for hydroxylation is 4. The van der Waals surface area contributed by atoms with Gasteiger partial charge in [0.05, 0.1) is 11.3 Å². The lowest BCUT2D eigenvalue weighted by atomic mass is 9.96. The van der Waals surface area contributed by atoms with Crippen molar-refractivity contribution >= 4 is 39.2 Å². The normalized spacial score (nSPS) is 16.3. The van der Waals surface area contributed by atoms with Gasteiger partial charge in [0.25, 0.3) is 5.56 Å². The molecule has 0 aliphatic carbocycles. The standard InChI is InChI=1S/C23H27N5O3S/c1-13-6-7-17(24-11-13)25-21(30)16-5-4-10-28(12-16)19(29)9-8-18-26-22(31)20-14(2)15(3)32-23(20)27-18/h6-7,11,16H,4-5,8-10,12H2,1-3H3,(H,24,25,30)(H,26,27,31). The summed E-state index contributed by atoms with van der Waals surface area (Å²) in [6, 6.07) is 3.67. The number of amides is 2. The van der Waals surface area contributed by atoms with Crippen LogP contribution >= 0.6 is 11.3 Å². The second-order valence-electron chi connectivity index (χ2n) is 8.36. The van der Waals surface area contributed by atoms with Crippen LogP contribution < -0.4 is 10.9 Å². The van der Waals surface area contributed by atoms with Crippen LogP contribution in [0.3, 0.4) is 0 Å². The first-order chi connectivity index (χ1) is 15.3. The van der Waals surface area contributed by atoms with Crippen LogP contribution in [0, 0.1) is 26.7 Å². The highest BCUT2D eigenvalue weighted by atomic mass is 32.1. The fourth-order valence-corrected chi connectivity index (χ4v) is 5.04. The molecule has 4 heterocycles. The van der Waals surface area contributed by atoms with E-state index in [9.17, 15) is 14.4 Å². The Bertz CT molecular complexity index is 1210. The minimum Gasteiger partial charge on any atom is -0.342 e. The number of carbonyl (C=O) groups excluding carboxylic acids is 2. The summed E-state index contributed by atoms with van der Waals surface area (Å²) in [5.74, 6) is 0.639. The smallest absolute Gasteiger partial charge is 0.259 e. The van der Waals surface area contributed by atoms with Crippen molar-refractivity contribution in [2.75, 3.05) is 18.4 Å². The summed E-state index contributed by atoms with van der Waals surface area (Å²) in [7, 11) is 0. The Morgan fingerprint density at radius 1 is 1.28 bits per heavy atom. The fraction of sp³-hybridized carbons (Fsp3) is 0.435. The molecule has 1 saturated heterocycles. The molecule has 0 radical (unpaired) electrons. The topological polar surface area (TPSA) is 108 Å². The van der Waals surface area contributed by atoms with Crippen molar-refractivity contribution in [2.24, 2.45) is 5.92 Å². The second-order valence-corrected chi connectivity index (χ2v) is 9.57. The van der Waals surface area contributed by atoms with Gasteiger partial charge >= 0.3 is 0 Å². The molecule has 32 heavy (non-hydrogen) atoms. The van der Waals surface area contributed by atoms with Crippen molar-refractivity contribution in [3.8, 4) is 0 Å². The van der Waals surface area contributed by atoms with Gasteiger partial charge in [-0.15, -0.1) is 11.3 Å². The van der Waals surface area contributed by atoms with E-state index in [4.69, 9.17) is 0 Å². The van der Waals surface area contributed by atoms with Crippen LogP contribution in [0.4, 0.5) is 5.82 Å². The molecule has 2 N–H and O–H groups in total. The van der Waals surface area contributed by atoms with Crippen molar-refractivity contribution in [3.63, 3.8) is 0 Å². The van der Waals surface area contributed by atoms with Gasteiger partial charge in [0.15, 0.2) is 0 Å². The molecule has 0 bridgehead atoms. The van der Waals surface area contributed by atoms with Gasteiger partial charge in [-0.05, 0) is 50.8 Å². The number of nitrogens with one attached hydrogen (secondary N) is 2. The van der Waals surface area contributed by atoms with E-state index in [2.05, 4.69) is 20.3 Å². The van der Waals surface area contributed by atoms with Crippen LogP contribution in [0.2, 0.25) is 0 Å². The first kappa shape index (κ1) is 22.1. The minimum atomic E-state index is -0.262. The molecule has 168 valence electrons. The average molecular weight is 454 g/mol. The second kappa shape index (κ2) is 9.20. The van der Waals surface area contributed by atoms with E-state index in [0.29, 0.717) is 41.4 Å². The Morgan fingerprint density at radius 2 is 2.09 bits per heavy atom. The lowest BCUT2D eigenvalue weighted by molar-refractivity contribution is -0.134. The first-order valence-corrected chi connectivity index (χ1v) is 11.6. The lowest BCUT2D eigenvalue weighted by Crippen LogP contribution is -2.44. The third-order valence-electron chi connectivity index (χ3n) is 5.97. The molecule has 1 atom stereocenters. The highest BCUT2D eigenvalue weighted by Crippen LogP contribution is 2.26. The number of H-pyrrole nitrogens is 1. The van der Waals surface area contributed by atoms with E-state index in [0.717, 1.165) is 28.8 Å². The molecule has 1 aliphatic rings. The number of nitrogens with zero attached hydrogens (tertiary/aromatic N) is 3. The zero-order valence-electron chi connectivity index (χ0n) is 18.5. The molecular formula is C23H27N5O3S. The van der Waals surface area contributed by atoms with Crippen molar-refractivity contribution < 1.29 is 9.59 Å². The maximum absolute atomic E-state index is 12.8. The van der Waals surface area contributed by atoms with E-state index >= 15 is 0 Å². The molecule has 0 saturated carbocycles. The van der Waals surface area contributed by atoms with Gasteiger partial charge in [-0.3, -0.25) is 14.4 Å². The van der Waals surface area contributed by atoms with E-state index < -0.39 is 0 Å². The van der Waals surface area contributed by atoms with E-state index in [1.807, 2.05) is 26.8 Å². The number of rotatable bonds is 5. The van der Waals surface area contributed by atoms with Crippen LogP contribution in [0.5, 0.6) is 0 Å². The van der Waals surface area contributed by atoms with Gasteiger partial charge in [0.1, 0.15) is 16.5 Å². The molecule has 8 nitrogen and oxygen atoms in total. The Kier molecular flexibility index (Phi) is 6.36. The van der Waals surface area contributed by atoms with E-state index in [1.165, 1.54) is 11.3 Å². The van der Waals surface area contributed by atoms with Gasteiger partial charge < -0.3 is 15.2 Å². The van der Waals surface area contributed by atoms with E-state index in [-0.39, 0.29) is 29.7 Å². The van der Waals surface area contributed by atoms with Gasteiger partial charge in [0, 0.05) is 37.0 Å². The van der Waals surface area contributed by atoms with Crippen molar-refractivity contribution in [3.05, 3.63) is 50.5 Å². The number of piperidine rings is 1. The highest BCUT2D eigenvalue weighted by Gasteiger charge is 2.28. The van der Waals surface area contributed by atoms with Crippen LogP contribution in [0.15, 0.2) is 23.1 Å². The van der Waals surface area contributed by atoms with Crippen molar-refractivity contribution in [1.29, 1.82) is 0 Å². The van der Waals surface area contributed by atoms with Crippen LogP contribution in [0.1, 0.15) is 41.1 Å². The largest absolute Gasteiger partial charge is 0.342 e. The number of fused-ring (bicyclic) bond motifs is 1. The Labute approximate surface area is 190 Å². The van der Waals surface area contributed by atoms with Crippen LogP contribution in [0.25, 0.3) is 10.2 Å². The first-order valence-electron chi connectivity index (χ1n) is 10.8. The zero-order valence-corrected chi connectivity index (χ0v) is 19.3. The molecular weight excluding hydrogens is 426 g/mol. The number of aromatic amines is 1. The maximum Gasteiger partial charge on any atom is 0.259 e. The van der Waals surface area contributed by atoms with Gasteiger partial charge in [0.2, 0.25) is 11.8 Å². The summed E-state index contributed by atoms with van der Waals surface area (Å²) >= 11 is 1.50. The Hall–Kier alpha value is -3.07. The monoisotopic (exact) mass is 453 g/mol. The summed E-state index contributed by atoms with van der Waals surface area (Å²) in [6.45, 7) is 6.86. The summed E-state index contributed by atoms with van der Waals surface area (Å²) in [5.41, 5.74) is 1.83. The quantitative estimate of drug-likeness (QED) is 0.617. The molecule has 1 aliphatic heterocycles. The maximum atomic E-state index is 12.8. The molecule has 9 heteroatoms. The summed E-state index contributed by atoms with van der Waals surface area (Å²) in [6.07, 6.45) is 3.83. The summed E-state index contributed by atoms with van der Waals surface area (Å²) in [4.78, 5) is 53.0. The van der Waals surface area contributed by atoms with E-state index in [1.54, 1.807) is 17.2 Å². The molecule has 0 spiro atoms. The number of thiophene rings is 1. The molecule has 4 rings (SSSR count). The third-order valence-corrected chi connectivity index (χ3v) is 7.07. The average Bonchev–Trinajstić information content (AvgIpc) is 3.07. The SMILES string of the molecule is Cc1ccc(NC(=O)C2CCCN(C(=O)CCc3nc4sc(C)c(C)c4c(=O)[nH]3)C2)nc1. The van der Waals surface area contributed by atoms with Crippen molar-refractivity contribution in [1.82, 2.24) is 19.9 Å². The van der Waals surface area contributed by atoms with Crippen LogP contribution in [-0.2, 0) is 16.0 Å².